The minimum absolute atomic E-state index is 0.0621. The van der Waals surface area contributed by atoms with Crippen LogP contribution in [-0.2, 0) is 13.1 Å². The van der Waals surface area contributed by atoms with Crippen LogP contribution in [0.25, 0.3) is 0 Å². The van der Waals surface area contributed by atoms with Crippen LogP contribution >= 0.6 is 0 Å². The van der Waals surface area contributed by atoms with E-state index in [1.807, 2.05) is 24.3 Å². The van der Waals surface area contributed by atoms with Crippen molar-refractivity contribution in [3.8, 4) is 11.6 Å². The summed E-state index contributed by atoms with van der Waals surface area (Å²) in [7, 11) is 3.21. The van der Waals surface area contributed by atoms with Crippen LogP contribution < -0.4 is 20.1 Å². The molecular weight excluding hydrogens is 361 g/mol. The van der Waals surface area contributed by atoms with E-state index in [0.29, 0.717) is 18.1 Å². The Morgan fingerprint density at radius 1 is 1.11 bits per heavy atom. The maximum absolute atomic E-state index is 12.3. The maximum Gasteiger partial charge on any atom is 0.422 e. The number of halogens is 3. The van der Waals surface area contributed by atoms with Gasteiger partial charge >= 0.3 is 6.18 Å². The zero-order chi connectivity index (χ0) is 19.7. The molecule has 2 aromatic rings. The summed E-state index contributed by atoms with van der Waals surface area (Å²) in [6, 6.07) is 10.8. The highest BCUT2D eigenvalue weighted by Gasteiger charge is 2.29. The summed E-state index contributed by atoms with van der Waals surface area (Å²) in [6.45, 7) is -0.654. The molecule has 2 N–H and O–H groups in total. The van der Waals surface area contributed by atoms with E-state index < -0.39 is 12.8 Å². The van der Waals surface area contributed by atoms with Gasteiger partial charge in [-0.2, -0.15) is 13.2 Å². The average Bonchev–Trinajstić information content (AvgIpc) is 2.67. The van der Waals surface area contributed by atoms with Gasteiger partial charge in [0.2, 0.25) is 5.88 Å². The largest absolute Gasteiger partial charge is 0.497 e. The van der Waals surface area contributed by atoms with Crippen LogP contribution in [0.5, 0.6) is 11.6 Å². The van der Waals surface area contributed by atoms with Crippen molar-refractivity contribution < 1.29 is 22.6 Å². The normalized spacial score (nSPS) is 11.8. The Labute approximate surface area is 155 Å². The van der Waals surface area contributed by atoms with Gasteiger partial charge in [0, 0.05) is 31.9 Å². The molecule has 0 unspecified atom stereocenters. The number of rotatable bonds is 7. The first-order valence-electron chi connectivity index (χ1n) is 8.12. The summed E-state index contributed by atoms with van der Waals surface area (Å²) < 4.78 is 46.9. The lowest BCUT2D eigenvalue weighted by Crippen LogP contribution is -2.36. The van der Waals surface area contributed by atoms with E-state index in [4.69, 9.17) is 9.47 Å². The van der Waals surface area contributed by atoms with E-state index in [2.05, 4.69) is 20.6 Å². The zero-order valence-corrected chi connectivity index (χ0v) is 15.0. The third-order valence-electron chi connectivity index (χ3n) is 3.51. The van der Waals surface area contributed by atoms with Crippen molar-refractivity contribution in [1.29, 1.82) is 0 Å². The van der Waals surface area contributed by atoms with Crippen molar-refractivity contribution in [2.45, 2.75) is 19.3 Å². The lowest BCUT2D eigenvalue weighted by Gasteiger charge is -2.15. The van der Waals surface area contributed by atoms with Gasteiger partial charge in [-0.25, -0.2) is 4.98 Å². The topological polar surface area (TPSA) is 67.8 Å². The van der Waals surface area contributed by atoms with Gasteiger partial charge in [0.1, 0.15) is 5.75 Å². The standard InChI is InChI=1S/C18H21F3N4O2/c1-22-17(24-10-13-5-7-15(26-2)8-6-13)25-11-14-4-3-9-23-16(14)27-12-18(19,20)21/h3-9H,10-12H2,1-2H3,(H2,22,24,25). The van der Waals surface area contributed by atoms with Crippen molar-refractivity contribution in [3.05, 3.63) is 53.7 Å². The monoisotopic (exact) mass is 382 g/mol. The second-order valence-corrected chi connectivity index (χ2v) is 5.50. The second-order valence-electron chi connectivity index (χ2n) is 5.50. The maximum atomic E-state index is 12.3. The highest BCUT2D eigenvalue weighted by Crippen LogP contribution is 2.19. The Morgan fingerprint density at radius 3 is 2.44 bits per heavy atom. The number of guanidine groups is 1. The van der Waals surface area contributed by atoms with E-state index in [1.54, 1.807) is 26.3 Å². The van der Waals surface area contributed by atoms with Crippen molar-refractivity contribution >= 4 is 5.96 Å². The molecule has 2 rings (SSSR count). The summed E-state index contributed by atoms with van der Waals surface area (Å²) >= 11 is 0. The van der Waals surface area contributed by atoms with E-state index in [0.717, 1.165) is 11.3 Å². The van der Waals surface area contributed by atoms with Crippen molar-refractivity contribution in [2.24, 2.45) is 4.99 Å². The summed E-state index contributed by atoms with van der Waals surface area (Å²) in [4.78, 5) is 7.96. The predicted octanol–water partition coefficient (Wildman–Crippen LogP) is 2.90. The molecule has 27 heavy (non-hydrogen) atoms. The molecule has 1 aromatic heterocycles. The van der Waals surface area contributed by atoms with Crippen molar-refractivity contribution in [2.75, 3.05) is 20.8 Å². The Kier molecular flexibility index (Phi) is 7.27. The molecule has 0 amide bonds. The van der Waals surface area contributed by atoms with Crippen molar-refractivity contribution in [3.63, 3.8) is 0 Å². The quantitative estimate of drug-likeness (QED) is 0.569. The molecule has 0 saturated heterocycles. The molecule has 0 atom stereocenters. The SMILES string of the molecule is CN=C(NCc1ccc(OC)cc1)NCc1cccnc1OCC(F)(F)F. The number of methoxy groups -OCH3 is 1. The lowest BCUT2D eigenvalue weighted by atomic mass is 10.2. The van der Waals surface area contributed by atoms with Gasteiger partial charge in [-0.15, -0.1) is 0 Å². The van der Waals surface area contributed by atoms with E-state index in [1.165, 1.54) is 6.20 Å². The molecule has 0 fully saturated rings. The smallest absolute Gasteiger partial charge is 0.422 e. The Morgan fingerprint density at radius 2 is 1.81 bits per heavy atom. The molecule has 146 valence electrons. The van der Waals surface area contributed by atoms with Crippen molar-refractivity contribution in [1.82, 2.24) is 15.6 Å². The van der Waals surface area contributed by atoms with Crippen LogP contribution in [0.1, 0.15) is 11.1 Å². The number of ether oxygens (including phenoxy) is 2. The minimum Gasteiger partial charge on any atom is -0.497 e. The Hall–Kier alpha value is -2.97. The van der Waals surface area contributed by atoms with Gasteiger partial charge in [0.05, 0.1) is 7.11 Å². The van der Waals surface area contributed by atoms with Gasteiger partial charge < -0.3 is 20.1 Å². The first-order chi connectivity index (χ1) is 12.9. The predicted molar refractivity (Wildman–Crippen MR) is 95.8 cm³/mol. The van der Waals surface area contributed by atoms with E-state index in [9.17, 15) is 13.2 Å². The first-order valence-corrected chi connectivity index (χ1v) is 8.12. The molecular formula is C18H21F3N4O2. The molecule has 1 heterocycles. The van der Waals surface area contributed by atoms with Crippen LogP contribution in [0.2, 0.25) is 0 Å². The molecule has 0 aliphatic carbocycles. The molecule has 0 saturated carbocycles. The fourth-order valence-electron chi connectivity index (χ4n) is 2.17. The molecule has 0 bridgehead atoms. The molecule has 0 spiro atoms. The van der Waals surface area contributed by atoms with Crippen LogP contribution in [0.15, 0.2) is 47.6 Å². The lowest BCUT2D eigenvalue weighted by molar-refractivity contribution is -0.154. The number of aromatic nitrogens is 1. The third-order valence-corrected chi connectivity index (χ3v) is 3.51. The number of hydrogen-bond donors (Lipinski definition) is 2. The fraction of sp³-hybridized carbons (Fsp3) is 0.333. The summed E-state index contributed by atoms with van der Waals surface area (Å²) in [5.41, 5.74) is 1.52. The number of nitrogens with one attached hydrogen (secondary N) is 2. The van der Waals surface area contributed by atoms with E-state index in [-0.39, 0.29) is 12.4 Å². The molecule has 0 aliphatic rings. The third kappa shape index (κ3) is 7.04. The number of hydrogen-bond acceptors (Lipinski definition) is 4. The first kappa shape index (κ1) is 20.3. The molecule has 1 aromatic carbocycles. The molecule has 0 aliphatic heterocycles. The fourth-order valence-corrected chi connectivity index (χ4v) is 2.17. The van der Waals surface area contributed by atoms with Crippen LogP contribution in [0, 0.1) is 0 Å². The van der Waals surface area contributed by atoms with Crippen LogP contribution in [-0.4, -0.2) is 37.9 Å². The number of pyridine rings is 1. The van der Waals surface area contributed by atoms with Crippen LogP contribution in [0.4, 0.5) is 13.2 Å². The van der Waals surface area contributed by atoms with Crippen LogP contribution in [0.3, 0.4) is 0 Å². The number of benzene rings is 1. The zero-order valence-electron chi connectivity index (χ0n) is 15.0. The summed E-state index contributed by atoms with van der Waals surface area (Å²) in [6.07, 6.45) is -3.04. The average molecular weight is 382 g/mol. The molecule has 0 radical (unpaired) electrons. The van der Waals surface area contributed by atoms with Gasteiger partial charge in [-0.05, 0) is 23.8 Å². The highest BCUT2D eigenvalue weighted by atomic mass is 19.4. The van der Waals surface area contributed by atoms with Gasteiger partial charge in [-0.1, -0.05) is 18.2 Å². The number of alkyl halides is 3. The van der Waals surface area contributed by atoms with Gasteiger partial charge in [0.15, 0.2) is 12.6 Å². The minimum atomic E-state index is -4.42. The number of nitrogens with zero attached hydrogens (tertiary/aromatic N) is 2. The van der Waals surface area contributed by atoms with Gasteiger partial charge in [0.25, 0.3) is 0 Å². The molecule has 6 nitrogen and oxygen atoms in total. The highest BCUT2D eigenvalue weighted by molar-refractivity contribution is 5.79. The summed E-state index contributed by atoms with van der Waals surface area (Å²) in [5.74, 6) is 1.20. The number of aliphatic imine (C=N–C) groups is 1. The second kappa shape index (κ2) is 9.65. The Balaban J connectivity index is 1.90. The Bertz CT molecular complexity index is 749. The van der Waals surface area contributed by atoms with Gasteiger partial charge in [-0.3, -0.25) is 4.99 Å². The molecule has 9 heteroatoms. The summed E-state index contributed by atoms with van der Waals surface area (Å²) in [5, 5.41) is 6.16. The van der Waals surface area contributed by atoms with E-state index >= 15 is 0 Å².